The largest absolute Gasteiger partial charge is 0.316 e. The molecule has 102 valence electrons. The molecule has 0 saturated carbocycles. The fourth-order valence-electron chi connectivity index (χ4n) is 1.68. The molecule has 0 bridgehead atoms. The van der Waals surface area contributed by atoms with Crippen LogP contribution in [0.15, 0.2) is 40.9 Å². The maximum Gasteiger partial charge on any atom is 0.241 e. The maximum absolute atomic E-state index is 12.3. The molecule has 1 aromatic heterocycles. The van der Waals surface area contributed by atoms with Gasteiger partial charge in [-0.2, -0.15) is 0 Å². The van der Waals surface area contributed by atoms with Crippen LogP contribution in [0, 0.1) is 0 Å². The molecular weight excluding hydrogens is 282 g/mol. The summed E-state index contributed by atoms with van der Waals surface area (Å²) >= 11 is 1.42. The lowest BCUT2D eigenvalue weighted by Crippen LogP contribution is -2.24. The van der Waals surface area contributed by atoms with E-state index in [1.54, 1.807) is 37.0 Å². The van der Waals surface area contributed by atoms with Gasteiger partial charge in [0.2, 0.25) is 10.0 Å². The Labute approximate surface area is 116 Å². The number of thiazole rings is 1. The van der Waals surface area contributed by atoms with E-state index in [9.17, 15) is 8.42 Å². The number of sulfonamides is 1. The number of hydrogen-bond donors (Lipinski definition) is 2. The van der Waals surface area contributed by atoms with E-state index in [-0.39, 0.29) is 6.54 Å². The van der Waals surface area contributed by atoms with Gasteiger partial charge < -0.3 is 5.32 Å². The summed E-state index contributed by atoms with van der Waals surface area (Å²) in [5, 5.41) is 2.97. The topological polar surface area (TPSA) is 71.1 Å². The number of aromatic nitrogens is 1. The lowest BCUT2D eigenvalue weighted by Gasteiger charge is -2.10. The number of benzene rings is 1. The fourth-order valence-corrected chi connectivity index (χ4v) is 3.55. The average molecular weight is 297 g/mol. The molecule has 0 fully saturated rings. The van der Waals surface area contributed by atoms with Gasteiger partial charge in [-0.3, -0.25) is 4.98 Å². The van der Waals surface area contributed by atoms with Gasteiger partial charge in [0.15, 0.2) is 0 Å². The lowest BCUT2D eigenvalue weighted by molar-refractivity contribution is 0.580. The van der Waals surface area contributed by atoms with E-state index in [0.717, 1.165) is 10.4 Å². The third-order valence-corrected chi connectivity index (χ3v) is 4.83. The first kappa shape index (κ1) is 14.1. The zero-order valence-electron chi connectivity index (χ0n) is 10.5. The predicted octanol–water partition coefficient (Wildman–Crippen LogP) is 1.34. The molecule has 0 aliphatic carbocycles. The summed E-state index contributed by atoms with van der Waals surface area (Å²) in [5.74, 6) is 0. The minimum atomic E-state index is -3.50. The van der Waals surface area contributed by atoms with Crippen LogP contribution in [0.3, 0.4) is 0 Å². The van der Waals surface area contributed by atoms with Crippen LogP contribution in [-0.2, 0) is 23.1 Å². The lowest BCUT2D eigenvalue weighted by atomic mass is 10.2. The first-order valence-corrected chi connectivity index (χ1v) is 8.09. The maximum atomic E-state index is 12.3. The summed E-state index contributed by atoms with van der Waals surface area (Å²) in [6.45, 7) is 0.776. The average Bonchev–Trinajstić information content (AvgIpc) is 2.91. The predicted molar refractivity (Wildman–Crippen MR) is 75.3 cm³/mol. The summed E-state index contributed by atoms with van der Waals surface area (Å²) < 4.78 is 27.1. The minimum Gasteiger partial charge on any atom is -0.316 e. The van der Waals surface area contributed by atoms with Gasteiger partial charge in [-0.25, -0.2) is 13.1 Å². The van der Waals surface area contributed by atoms with Gasteiger partial charge in [-0.05, 0) is 18.7 Å². The quantitative estimate of drug-likeness (QED) is 0.844. The number of nitrogens with zero attached hydrogens (tertiary/aromatic N) is 1. The Kier molecular flexibility index (Phi) is 4.65. The van der Waals surface area contributed by atoms with Gasteiger partial charge >= 0.3 is 0 Å². The second-order valence-corrected chi connectivity index (χ2v) is 6.64. The molecule has 0 atom stereocenters. The van der Waals surface area contributed by atoms with Gasteiger partial charge in [0.25, 0.3) is 0 Å². The van der Waals surface area contributed by atoms with Crippen LogP contribution in [0.25, 0.3) is 0 Å². The van der Waals surface area contributed by atoms with Crippen molar-refractivity contribution in [1.82, 2.24) is 15.0 Å². The van der Waals surface area contributed by atoms with Crippen molar-refractivity contribution in [2.75, 3.05) is 7.05 Å². The van der Waals surface area contributed by atoms with Crippen molar-refractivity contribution in [3.63, 3.8) is 0 Å². The van der Waals surface area contributed by atoms with Crippen molar-refractivity contribution in [2.24, 2.45) is 0 Å². The third-order valence-electron chi connectivity index (χ3n) is 2.55. The van der Waals surface area contributed by atoms with Crippen molar-refractivity contribution in [3.05, 3.63) is 46.4 Å². The molecule has 19 heavy (non-hydrogen) atoms. The van der Waals surface area contributed by atoms with Gasteiger partial charge in [-0.15, -0.1) is 11.3 Å². The normalized spacial score (nSPS) is 11.6. The van der Waals surface area contributed by atoms with Crippen molar-refractivity contribution >= 4 is 21.4 Å². The van der Waals surface area contributed by atoms with E-state index in [1.165, 1.54) is 11.3 Å². The molecule has 0 radical (unpaired) electrons. The van der Waals surface area contributed by atoms with Crippen LogP contribution in [-0.4, -0.2) is 20.4 Å². The van der Waals surface area contributed by atoms with E-state index in [2.05, 4.69) is 15.0 Å². The Hall–Kier alpha value is -1.28. The van der Waals surface area contributed by atoms with Crippen molar-refractivity contribution in [3.8, 4) is 0 Å². The molecule has 0 saturated heterocycles. The number of nitrogens with one attached hydrogen (secondary N) is 2. The van der Waals surface area contributed by atoms with Gasteiger partial charge in [0.1, 0.15) is 0 Å². The van der Waals surface area contributed by atoms with Crippen molar-refractivity contribution in [1.29, 1.82) is 0 Å². The van der Waals surface area contributed by atoms with E-state index in [1.807, 2.05) is 6.07 Å². The van der Waals surface area contributed by atoms with Crippen LogP contribution in [0.4, 0.5) is 0 Å². The molecule has 0 aliphatic heterocycles. The highest BCUT2D eigenvalue weighted by Crippen LogP contribution is 2.16. The van der Waals surface area contributed by atoms with Crippen molar-refractivity contribution < 1.29 is 8.42 Å². The summed E-state index contributed by atoms with van der Waals surface area (Å²) in [6.07, 6.45) is 1.66. The first-order chi connectivity index (χ1) is 9.13. The molecule has 7 heteroatoms. The molecule has 0 amide bonds. The summed E-state index contributed by atoms with van der Waals surface area (Å²) in [4.78, 5) is 5.11. The molecule has 5 nitrogen and oxygen atoms in total. The zero-order chi connectivity index (χ0) is 13.7. The Morgan fingerprint density at radius 1 is 1.26 bits per heavy atom. The fraction of sp³-hybridized carbons (Fsp3) is 0.250. The molecule has 2 aromatic rings. The molecule has 2 N–H and O–H groups in total. The molecule has 2 rings (SSSR count). The molecule has 0 unspecified atom stereocenters. The van der Waals surface area contributed by atoms with Crippen LogP contribution in [0.1, 0.15) is 10.4 Å². The van der Waals surface area contributed by atoms with Gasteiger partial charge in [0, 0.05) is 24.2 Å². The first-order valence-electron chi connectivity index (χ1n) is 5.73. The Bertz CT molecular complexity index is 624. The summed E-state index contributed by atoms with van der Waals surface area (Å²) in [6, 6.07) is 6.97. The highest BCUT2D eigenvalue weighted by atomic mass is 32.2. The third kappa shape index (κ3) is 3.60. The summed E-state index contributed by atoms with van der Waals surface area (Å²) in [7, 11) is -1.71. The van der Waals surface area contributed by atoms with Gasteiger partial charge in [-0.1, -0.05) is 18.2 Å². The number of rotatable bonds is 6. The second-order valence-electron chi connectivity index (χ2n) is 3.93. The second kappa shape index (κ2) is 6.25. The Morgan fingerprint density at radius 2 is 2.05 bits per heavy atom. The monoisotopic (exact) mass is 297 g/mol. The molecule has 0 aliphatic rings. The Balaban J connectivity index is 2.19. The SMILES string of the molecule is CNCc1ccccc1S(=O)(=O)NCc1cncs1. The molecule has 1 aromatic carbocycles. The minimum absolute atomic E-state index is 0.265. The number of hydrogen-bond acceptors (Lipinski definition) is 5. The van der Waals surface area contributed by atoms with Crippen LogP contribution < -0.4 is 10.0 Å². The van der Waals surface area contributed by atoms with E-state index >= 15 is 0 Å². The van der Waals surface area contributed by atoms with Crippen LogP contribution >= 0.6 is 11.3 Å². The Morgan fingerprint density at radius 3 is 2.74 bits per heavy atom. The zero-order valence-corrected chi connectivity index (χ0v) is 12.1. The van der Waals surface area contributed by atoms with Crippen molar-refractivity contribution in [2.45, 2.75) is 18.0 Å². The highest BCUT2D eigenvalue weighted by Gasteiger charge is 2.17. The van der Waals surface area contributed by atoms with E-state index in [4.69, 9.17) is 0 Å². The highest BCUT2D eigenvalue weighted by molar-refractivity contribution is 7.89. The molecular formula is C12H15N3O2S2. The van der Waals surface area contributed by atoms with E-state index in [0.29, 0.717) is 11.4 Å². The molecule has 0 spiro atoms. The summed E-state index contributed by atoms with van der Waals surface area (Å²) in [5.41, 5.74) is 2.43. The van der Waals surface area contributed by atoms with Crippen LogP contribution in [0.2, 0.25) is 0 Å². The van der Waals surface area contributed by atoms with Crippen LogP contribution in [0.5, 0.6) is 0 Å². The standard InChI is InChI=1S/C12H15N3O2S2/c1-13-6-10-4-2-3-5-12(10)19(16,17)15-8-11-7-14-9-18-11/h2-5,7,9,13,15H,6,8H2,1H3. The van der Waals surface area contributed by atoms with E-state index < -0.39 is 10.0 Å². The van der Waals surface area contributed by atoms with Gasteiger partial charge in [0.05, 0.1) is 10.4 Å². The smallest absolute Gasteiger partial charge is 0.241 e. The molecule has 1 heterocycles.